The van der Waals surface area contributed by atoms with Gasteiger partial charge in [0.05, 0.1) is 7.11 Å². The summed E-state index contributed by atoms with van der Waals surface area (Å²) < 4.78 is 4.92. The van der Waals surface area contributed by atoms with Crippen molar-refractivity contribution in [3.05, 3.63) is 0 Å². The van der Waals surface area contributed by atoms with E-state index in [0.717, 1.165) is 31.8 Å². The number of methoxy groups -OCH3 is 1. The number of esters is 1. The van der Waals surface area contributed by atoms with Gasteiger partial charge in [-0.25, -0.2) is 0 Å². The Kier molecular flexibility index (Phi) is 4.28. The highest BCUT2D eigenvalue weighted by atomic mass is 16.5. The zero-order valence-electron chi connectivity index (χ0n) is 11.7. The number of nitrogens with zero attached hydrogens (tertiary/aromatic N) is 1. The second-order valence-electron chi connectivity index (χ2n) is 5.93. The van der Waals surface area contributed by atoms with E-state index < -0.39 is 5.54 Å². The van der Waals surface area contributed by atoms with Gasteiger partial charge in [-0.05, 0) is 44.1 Å². The van der Waals surface area contributed by atoms with Crippen LogP contribution in [0.2, 0.25) is 0 Å². The molecule has 0 aromatic carbocycles. The molecule has 0 bridgehead atoms. The normalized spacial score (nSPS) is 23.6. The fourth-order valence-electron chi connectivity index (χ4n) is 2.86. The topological polar surface area (TPSA) is 55.6 Å². The van der Waals surface area contributed by atoms with Crippen LogP contribution >= 0.6 is 0 Å². The van der Waals surface area contributed by atoms with Crippen LogP contribution in [-0.4, -0.2) is 43.2 Å². The minimum atomic E-state index is -0.783. The third-order valence-electron chi connectivity index (χ3n) is 4.54. The lowest BCUT2D eigenvalue weighted by Crippen LogP contribution is -2.59. The summed E-state index contributed by atoms with van der Waals surface area (Å²) >= 11 is 0. The molecule has 0 spiro atoms. The van der Waals surface area contributed by atoms with Crippen LogP contribution in [0.5, 0.6) is 0 Å². The monoisotopic (exact) mass is 254 g/mol. The van der Waals surface area contributed by atoms with E-state index in [1.807, 2.05) is 0 Å². The van der Waals surface area contributed by atoms with Crippen LogP contribution in [0.3, 0.4) is 0 Å². The molecule has 4 heteroatoms. The molecule has 4 nitrogen and oxygen atoms in total. The highest BCUT2D eigenvalue weighted by Gasteiger charge is 2.49. The number of likely N-dealkylation sites (N-methyl/N-ethyl adjacent to an activating group) is 1. The molecule has 104 valence electrons. The van der Waals surface area contributed by atoms with Gasteiger partial charge in [-0.15, -0.1) is 0 Å². The van der Waals surface area contributed by atoms with E-state index in [1.165, 1.54) is 26.4 Å². The summed E-state index contributed by atoms with van der Waals surface area (Å²) in [6, 6.07) is 0. The molecule has 0 heterocycles. The minimum absolute atomic E-state index is 0.239. The predicted molar refractivity (Wildman–Crippen MR) is 71.1 cm³/mol. The van der Waals surface area contributed by atoms with Crippen molar-refractivity contribution in [2.75, 3.05) is 26.7 Å². The lowest BCUT2D eigenvalue weighted by molar-refractivity contribution is -0.149. The number of hydrogen-bond acceptors (Lipinski definition) is 4. The summed E-state index contributed by atoms with van der Waals surface area (Å²) in [7, 11) is 1.44. The van der Waals surface area contributed by atoms with Gasteiger partial charge in [-0.2, -0.15) is 0 Å². The Morgan fingerprint density at radius 3 is 2.44 bits per heavy atom. The molecule has 1 unspecified atom stereocenters. The molecule has 2 aliphatic carbocycles. The predicted octanol–water partition coefficient (Wildman–Crippen LogP) is 1.39. The first kappa shape index (κ1) is 13.8. The maximum Gasteiger partial charge on any atom is 0.327 e. The van der Waals surface area contributed by atoms with Crippen molar-refractivity contribution >= 4 is 5.97 Å². The molecule has 0 aromatic heterocycles. The fraction of sp³-hybridized carbons (Fsp3) is 0.929. The van der Waals surface area contributed by atoms with E-state index in [-0.39, 0.29) is 5.97 Å². The van der Waals surface area contributed by atoms with Gasteiger partial charge in [0.1, 0.15) is 5.54 Å². The van der Waals surface area contributed by atoms with Crippen molar-refractivity contribution in [2.24, 2.45) is 17.6 Å². The molecule has 1 atom stereocenters. The van der Waals surface area contributed by atoms with Gasteiger partial charge in [0, 0.05) is 13.1 Å². The molecule has 2 N–H and O–H groups in total. The molecule has 0 amide bonds. The number of carbonyl (C=O) groups is 1. The highest BCUT2D eigenvalue weighted by molar-refractivity contribution is 5.81. The SMILES string of the molecule is CCN(CC1CCC1)CC(N)(C(=O)OC)C1CC1. The van der Waals surface area contributed by atoms with Crippen molar-refractivity contribution in [1.82, 2.24) is 4.90 Å². The molecule has 2 rings (SSSR count). The third kappa shape index (κ3) is 2.86. The maximum absolute atomic E-state index is 12.0. The first-order valence-corrected chi connectivity index (χ1v) is 7.19. The number of hydrogen-bond donors (Lipinski definition) is 1. The van der Waals surface area contributed by atoms with Crippen molar-refractivity contribution in [2.45, 2.75) is 44.6 Å². The summed E-state index contributed by atoms with van der Waals surface area (Å²) in [5, 5.41) is 0. The second kappa shape index (κ2) is 5.57. The van der Waals surface area contributed by atoms with E-state index in [0.29, 0.717) is 12.5 Å². The van der Waals surface area contributed by atoms with E-state index >= 15 is 0 Å². The maximum atomic E-state index is 12.0. The van der Waals surface area contributed by atoms with E-state index in [9.17, 15) is 4.79 Å². The Labute approximate surface area is 110 Å². The summed E-state index contributed by atoms with van der Waals surface area (Å²) in [6.07, 6.45) is 6.14. The highest BCUT2D eigenvalue weighted by Crippen LogP contribution is 2.39. The summed E-state index contributed by atoms with van der Waals surface area (Å²) in [6.45, 7) is 4.83. The van der Waals surface area contributed by atoms with Gasteiger partial charge in [0.2, 0.25) is 0 Å². The van der Waals surface area contributed by atoms with Crippen LogP contribution in [0, 0.1) is 11.8 Å². The minimum Gasteiger partial charge on any atom is -0.468 e. The Balaban J connectivity index is 1.95. The molecule has 0 saturated heterocycles. The van der Waals surface area contributed by atoms with Gasteiger partial charge in [0.15, 0.2) is 0 Å². The van der Waals surface area contributed by atoms with Gasteiger partial charge < -0.3 is 15.4 Å². The first-order valence-electron chi connectivity index (χ1n) is 7.19. The summed E-state index contributed by atoms with van der Waals surface area (Å²) in [4.78, 5) is 14.3. The molecule has 18 heavy (non-hydrogen) atoms. The van der Waals surface area contributed by atoms with Gasteiger partial charge in [-0.3, -0.25) is 4.79 Å². The van der Waals surface area contributed by atoms with Crippen molar-refractivity contribution < 1.29 is 9.53 Å². The Hall–Kier alpha value is -0.610. The molecule has 2 saturated carbocycles. The zero-order chi connectivity index (χ0) is 13.2. The standard InChI is InChI=1S/C14H26N2O2/c1-3-16(9-11-5-4-6-11)10-14(15,12-7-8-12)13(17)18-2/h11-12H,3-10,15H2,1-2H3. The number of carbonyl (C=O) groups excluding carboxylic acids is 1. The Morgan fingerprint density at radius 2 is 2.06 bits per heavy atom. The molecule has 0 radical (unpaired) electrons. The molecule has 2 fully saturated rings. The van der Waals surface area contributed by atoms with Gasteiger partial charge >= 0.3 is 5.97 Å². The van der Waals surface area contributed by atoms with E-state index in [1.54, 1.807) is 0 Å². The molecular formula is C14H26N2O2. The number of nitrogens with two attached hydrogens (primary N) is 1. The quantitative estimate of drug-likeness (QED) is 0.698. The van der Waals surface area contributed by atoms with Crippen LogP contribution in [0.15, 0.2) is 0 Å². The van der Waals surface area contributed by atoms with Crippen molar-refractivity contribution in [3.63, 3.8) is 0 Å². The Bertz CT molecular complexity index is 300. The second-order valence-corrected chi connectivity index (χ2v) is 5.93. The van der Waals surface area contributed by atoms with E-state index in [4.69, 9.17) is 10.5 Å². The zero-order valence-corrected chi connectivity index (χ0v) is 11.7. The van der Waals surface area contributed by atoms with Crippen LogP contribution in [0.25, 0.3) is 0 Å². The fourth-order valence-corrected chi connectivity index (χ4v) is 2.86. The summed E-state index contributed by atoms with van der Waals surface area (Å²) in [5.41, 5.74) is 5.57. The van der Waals surface area contributed by atoms with Crippen molar-refractivity contribution in [1.29, 1.82) is 0 Å². The van der Waals surface area contributed by atoms with Crippen LogP contribution in [0.4, 0.5) is 0 Å². The molecule has 0 aromatic rings. The van der Waals surface area contributed by atoms with Crippen LogP contribution in [-0.2, 0) is 9.53 Å². The van der Waals surface area contributed by atoms with Crippen molar-refractivity contribution in [3.8, 4) is 0 Å². The number of ether oxygens (including phenoxy) is 1. The van der Waals surface area contributed by atoms with Crippen LogP contribution in [0.1, 0.15) is 39.0 Å². The molecule has 0 aliphatic heterocycles. The lowest BCUT2D eigenvalue weighted by Gasteiger charge is -2.37. The smallest absolute Gasteiger partial charge is 0.327 e. The van der Waals surface area contributed by atoms with Gasteiger partial charge in [-0.1, -0.05) is 13.3 Å². The molecular weight excluding hydrogens is 228 g/mol. The average molecular weight is 254 g/mol. The van der Waals surface area contributed by atoms with E-state index in [2.05, 4.69) is 11.8 Å². The lowest BCUT2D eigenvalue weighted by atomic mass is 9.84. The summed E-state index contributed by atoms with van der Waals surface area (Å²) in [5.74, 6) is 0.892. The molecule has 2 aliphatic rings. The average Bonchev–Trinajstić information content (AvgIpc) is 3.14. The third-order valence-corrected chi connectivity index (χ3v) is 4.54. The first-order chi connectivity index (χ1) is 8.60. The largest absolute Gasteiger partial charge is 0.468 e. The van der Waals surface area contributed by atoms with Gasteiger partial charge in [0.25, 0.3) is 0 Å². The number of rotatable bonds is 7. The Morgan fingerprint density at radius 1 is 1.39 bits per heavy atom. The van der Waals surface area contributed by atoms with Crippen LogP contribution < -0.4 is 5.73 Å².